The molecule has 0 atom stereocenters. The standard InChI is InChI=1S/C14H14ClFN2OS.CH4O/c1-17-11(8-20-2)7-19-14-5-13-9(4-12(14)16)3-10(6-15)18-13;1-2/h3-5,8,18H,1,6-7H2,2H3;2H,1H3/b11-8-;. The van der Waals surface area contributed by atoms with Crippen molar-refractivity contribution in [1.82, 2.24) is 4.98 Å². The number of benzene rings is 1. The molecule has 0 unspecified atom stereocenters. The van der Waals surface area contributed by atoms with Crippen molar-refractivity contribution in [2.45, 2.75) is 5.88 Å². The number of aromatic amines is 1. The number of aliphatic hydroxyl groups is 1. The summed E-state index contributed by atoms with van der Waals surface area (Å²) in [6, 6.07) is 4.87. The molecule has 1 aromatic heterocycles. The Morgan fingerprint density at radius 2 is 2.23 bits per heavy atom. The van der Waals surface area contributed by atoms with Gasteiger partial charge in [-0.05, 0) is 30.5 Å². The summed E-state index contributed by atoms with van der Waals surface area (Å²) in [5, 5.41) is 9.58. The average Bonchev–Trinajstić information content (AvgIpc) is 2.95. The monoisotopic (exact) mass is 344 g/mol. The van der Waals surface area contributed by atoms with Crippen LogP contribution in [0.25, 0.3) is 10.9 Å². The van der Waals surface area contributed by atoms with Crippen molar-refractivity contribution >= 4 is 41.0 Å². The van der Waals surface area contributed by atoms with E-state index < -0.39 is 5.82 Å². The number of fused-ring (bicyclic) bond motifs is 1. The molecule has 0 aliphatic heterocycles. The number of aromatic nitrogens is 1. The zero-order valence-corrected chi connectivity index (χ0v) is 14.0. The molecule has 22 heavy (non-hydrogen) atoms. The first-order chi connectivity index (χ1) is 10.7. The summed E-state index contributed by atoms with van der Waals surface area (Å²) >= 11 is 7.24. The number of nitrogens with one attached hydrogen (secondary N) is 1. The molecule has 2 aromatic rings. The van der Waals surface area contributed by atoms with Crippen LogP contribution in [0.4, 0.5) is 4.39 Å². The van der Waals surface area contributed by atoms with Gasteiger partial charge in [-0.2, -0.15) is 0 Å². The van der Waals surface area contributed by atoms with E-state index in [1.165, 1.54) is 17.8 Å². The predicted molar refractivity (Wildman–Crippen MR) is 92.6 cm³/mol. The Kier molecular flexibility index (Phi) is 8.01. The van der Waals surface area contributed by atoms with Crippen LogP contribution in [0.5, 0.6) is 5.75 Å². The third-order valence-electron chi connectivity index (χ3n) is 2.71. The fourth-order valence-corrected chi connectivity index (χ4v) is 2.34. The third kappa shape index (κ3) is 4.76. The van der Waals surface area contributed by atoms with Crippen LogP contribution in [-0.4, -0.2) is 36.8 Å². The summed E-state index contributed by atoms with van der Waals surface area (Å²) in [6.07, 6.45) is 1.91. The van der Waals surface area contributed by atoms with Crippen LogP contribution in [0, 0.1) is 5.82 Å². The van der Waals surface area contributed by atoms with Crippen molar-refractivity contribution in [3.05, 3.63) is 40.8 Å². The van der Waals surface area contributed by atoms with Gasteiger partial charge in [-0.25, -0.2) is 4.39 Å². The molecule has 0 spiro atoms. The summed E-state index contributed by atoms with van der Waals surface area (Å²) in [4.78, 5) is 6.93. The summed E-state index contributed by atoms with van der Waals surface area (Å²) in [7, 11) is 1.00. The van der Waals surface area contributed by atoms with Crippen molar-refractivity contribution in [3.8, 4) is 5.75 Å². The molecule has 7 heteroatoms. The Hall–Kier alpha value is -1.50. The minimum atomic E-state index is -0.412. The summed E-state index contributed by atoms with van der Waals surface area (Å²) < 4.78 is 19.4. The predicted octanol–water partition coefficient (Wildman–Crippen LogP) is 3.94. The van der Waals surface area contributed by atoms with Gasteiger partial charge in [0.05, 0.1) is 11.6 Å². The molecular weight excluding hydrogens is 327 g/mol. The van der Waals surface area contributed by atoms with Crippen LogP contribution in [0.3, 0.4) is 0 Å². The lowest BCUT2D eigenvalue weighted by atomic mass is 10.2. The third-order valence-corrected chi connectivity index (χ3v) is 3.50. The maximum atomic E-state index is 13.9. The number of hydrogen-bond acceptors (Lipinski definition) is 4. The van der Waals surface area contributed by atoms with Gasteiger partial charge in [0.2, 0.25) is 0 Å². The quantitative estimate of drug-likeness (QED) is 0.616. The van der Waals surface area contributed by atoms with Gasteiger partial charge in [0, 0.05) is 29.8 Å². The number of hydrogen-bond donors (Lipinski definition) is 2. The average molecular weight is 345 g/mol. The molecule has 0 radical (unpaired) electrons. The molecule has 0 saturated carbocycles. The highest BCUT2D eigenvalue weighted by Gasteiger charge is 2.09. The Morgan fingerprint density at radius 1 is 1.50 bits per heavy atom. The summed E-state index contributed by atoms with van der Waals surface area (Å²) in [5.41, 5.74) is 2.29. The number of halogens is 2. The molecule has 0 aliphatic carbocycles. The second kappa shape index (κ2) is 9.50. The zero-order valence-electron chi connectivity index (χ0n) is 12.4. The number of nitrogens with zero attached hydrogens (tertiary/aromatic N) is 1. The van der Waals surface area contributed by atoms with E-state index in [-0.39, 0.29) is 12.4 Å². The SMILES string of the molecule is C=N/C(=C\SC)COc1cc2[nH]c(CCl)cc2cc1F.CO. The first-order valence-corrected chi connectivity index (χ1v) is 8.13. The maximum absolute atomic E-state index is 13.9. The summed E-state index contributed by atoms with van der Waals surface area (Å²) in [6.45, 7) is 3.63. The Labute approximate surface area is 138 Å². The van der Waals surface area contributed by atoms with E-state index in [9.17, 15) is 4.39 Å². The van der Waals surface area contributed by atoms with Crippen LogP contribution in [0.1, 0.15) is 5.69 Å². The highest BCUT2D eigenvalue weighted by atomic mass is 35.5. The van der Waals surface area contributed by atoms with E-state index in [2.05, 4.69) is 16.7 Å². The molecule has 0 fully saturated rings. The van der Waals surface area contributed by atoms with Crippen LogP contribution < -0.4 is 4.74 Å². The molecule has 0 aliphatic rings. The van der Waals surface area contributed by atoms with Crippen LogP contribution in [0.15, 0.2) is 34.3 Å². The van der Waals surface area contributed by atoms with Crippen molar-refractivity contribution in [1.29, 1.82) is 0 Å². The topological polar surface area (TPSA) is 57.6 Å². The first-order valence-electron chi connectivity index (χ1n) is 6.31. The highest BCUT2D eigenvalue weighted by Crippen LogP contribution is 2.26. The Bertz CT molecular complexity index is 658. The smallest absolute Gasteiger partial charge is 0.165 e. The minimum absolute atomic E-state index is 0.176. The number of H-pyrrole nitrogens is 1. The molecule has 2 N–H and O–H groups in total. The second-order valence-corrected chi connectivity index (χ2v) is 5.06. The molecule has 120 valence electrons. The lowest BCUT2D eigenvalue weighted by Crippen LogP contribution is -2.01. The van der Waals surface area contributed by atoms with Crippen LogP contribution >= 0.6 is 23.4 Å². The number of aliphatic imine (C=N–C) groups is 1. The lowest BCUT2D eigenvalue weighted by Gasteiger charge is -2.07. The minimum Gasteiger partial charge on any atom is -0.484 e. The van der Waals surface area contributed by atoms with E-state index in [0.29, 0.717) is 11.6 Å². The van der Waals surface area contributed by atoms with Crippen molar-refractivity contribution in [2.75, 3.05) is 20.0 Å². The fourth-order valence-electron chi connectivity index (χ4n) is 1.78. The van der Waals surface area contributed by atoms with Crippen molar-refractivity contribution in [2.24, 2.45) is 4.99 Å². The van der Waals surface area contributed by atoms with E-state index in [4.69, 9.17) is 21.4 Å². The van der Waals surface area contributed by atoms with Gasteiger partial charge < -0.3 is 14.8 Å². The molecule has 1 heterocycles. The number of ether oxygens (including phenoxy) is 1. The van der Waals surface area contributed by atoms with E-state index in [1.54, 1.807) is 6.07 Å². The number of aliphatic hydroxyl groups excluding tert-OH is 1. The number of rotatable bonds is 6. The number of thioether (sulfide) groups is 1. The zero-order chi connectivity index (χ0) is 16.5. The van der Waals surface area contributed by atoms with Gasteiger partial charge in [-0.1, -0.05) is 0 Å². The maximum Gasteiger partial charge on any atom is 0.165 e. The van der Waals surface area contributed by atoms with Gasteiger partial charge in [0.25, 0.3) is 0 Å². The second-order valence-electron chi connectivity index (χ2n) is 4.09. The van der Waals surface area contributed by atoms with Crippen LogP contribution in [-0.2, 0) is 5.88 Å². The van der Waals surface area contributed by atoms with Gasteiger partial charge >= 0.3 is 0 Å². The van der Waals surface area contributed by atoms with Crippen molar-refractivity contribution in [3.63, 3.8) is 0 Å². The molecular formula is C15H18ClFN2O2S. The number of alkyl halides is 1. The molecule has 2 rings (SSSR count). The van der Waals surface area contributed by atoms with Gasteiger partial charge in [0.15, 0.2) is 11.6 Å². The Morgan fingerprint density at radius 3 is 2.82 bits per heavy atom. The fraction of sp³-hybridized carbons (Fsp3) is 0.267. The normalized spacial score (nSPS) is 11.0. The van der Waals surface area contributed by atoms with E-state index in [0.717, 1.165) is 23.7 Å². The Balaban J connectivity index is 0.00000116. The van der Waals surface area contributed by atoms with Crippen LogP contribution in [0.2, 0.25) is 0 Å². The molecule has 0 saturated heterocycles. The van der Waals surface area contributed by atoms with E-state index >= 15 is 0 Å². The molecule has 1 aromatic carbocycles. The van der Waals surface area contributed by atoms with Gasteiger partial charge in [0.1, 0.15) is 6.61 Å². The van der Waals surface area contributed by atoms with E-state index in [1.807, 2.05) is 17.7 Å². The molecule has 0 bridgehead atoms. The summed E-state index contributed by atoms with van der Waals surface area (Å²) in [5.74, 6) is 0.120. The highest BCUT2D eigenvalue weighted by molar-refractivity contribution is 8.01. The van der Waals surface area contributed by atoms with Gasteiger partial charge in [-0.3, -0.25) is 4.99 Å². The lowest BCUT2D eigenvalue weighted by molar-refractivity contribution is 0.332. The molecule has 0 amide bonds. The molecule has 4 nitrogen and oxygen atoms in total. The largest absolute Gasteiger partial charge is 0.484 e. The first kappa shape index (κ1) is 18.5. The van der Waals surface area contributed by atoms with Gasteiger partial charge in [-0.15, -0.1) is 23.4 Å². The van der Waals surface area contributed by atoms with Crippen molar-refractivity contribution < 1.29 is 14.2 Å².